The fourth-order valence-electron chi connectivity index (χ4n) is 3.01. The van der Waals surface area contributed by atoms with Crippen LogP contribution < -0.4 is 10.2 Å². The SMILES string of the molecule is CC(NC(=O)C1CCN(c2ccc(Cl)nn2)CC1)c1ccc(F)cc1. The highest BCUT2D eigenvalue weighted by atomic mass is 35.5. The summed E-state index contributed by atoms with van der Waals surface area (Å²) in [5.41, 5.74) is 0.892. The molecule has 2 heterocycles. The molecule has 1 aromatic heterocycles. The van der Waals surface area contributed by atoms with Crippen LogP contribution in [0.4, 0.5) is 10.2 Å². The number of benzene rings is 1. The molecule has 1 saturated heterocycles. The first-order chi connectivity index (χ1) is 12.0. The number of halogens is 2. The maximum atomic E-state index is 13.0. The zero-order valence-corrected chi connectivity index (χ0v) is 14.7. The van der Waals surface area contributed by atoms with Crippen molar-refractivity contribution in [3.05, 3.63) is 52.9 Å². The molecule has 132 valence electrons. The Kier molecular flexibility index (Phi) is 5.48. The van der Waals surface area contributed by atoms with Crippen LogP contribution in [-0.4, -0.2) is 29.2 Å². The number of hydrogen-bond acceptors (Lipinski definition) is 4. The fourth-order valence-corrected chi connectivity index (χ4v) is 3.12. The van der Waals surface area contributed by atoms with Gasteiger partial charge < -0.3 is 10.2 Å². The number of carbonyl (C=O) groups is 1. The van der Waals surface area contributed by atoms with Gasteiger partial charge in [0, 0.05) is 19.0 Å². The molecule has 25 heavy (non-hydrogen) atoms. The summed E-state index contributed by atoms with van der Waals surface area (Å²) in [5.74, 6) is 0.515. The normalized spacial score (nSPS) is 16.5. The summed E-state index contributed by atoms with van der Waals surface area (Å²) in [6.07, 6.45) is 1.51. The van der Waals surface area contributed by atoms with Gasteiger partial charge in [-0.2, -0.15) is 0 Å². The lowest BCUT2D eigenvalue weighted by Crippen LogP contribution is -2.41. The first-order valence-corrected chi connectivity index (χ1v) is 8.71. The molecule has 1 aromatic carbocycles. The number of nitrogens with one attached hydrogen (secondary N) is 1. The lowest BCUT2D eigenvalue weighted by molar-refractivity contribution is -0.126. The summed E-state index contributed by atoms with van der Waals surface area (Å²) in [5, 5.41) is 11.3. The number of carbonyl (C=O) groups excluding carboxylic acids is 1. The number of anilines is 1. The molecule has 1 unspecified atom stereocenters. The lowest BCUT2D eigenvalue weighted by atomic mass is 9.95. The average molecular weight is 363 g/mol. The van der Waals surface area contributed by atoms with E-state index in [9.17, 15) is 9.18 Å². The minimum absolute atomic E-state index is 0.0283. The van der Waals surface area contributed by atoms with Crippen LogP contribution in [0.3, 0.4) is 0 Å². The van der Waals surface area contributed by atoms with E-state index < -0.39 is 0 Å². The van der Waals surface area contributed by atoms with Gasteiger partial charge in [0.25, 0.3) is 0 Å². The van der Waals surface area contributed by atoms with Crippen LogP contribution in [0.5, 0.6) is 0 Å². The number of amides is 1. The maximum absolute atomic E-state index is 13.0. The van der Waals surface area contributed by atoms with E-state index in [0.29, 0.717) is 5.15 Å². The Balaban J connectivity index is 1.52. The van der Waals surface area contributed by atoms with Gasteiger partial charge in [0.05, 0.1) is 6.04 Å². The van der Waals surface area contributed by atoms with E-state index in [0.717, 1.165) is 37.3 Å². The summed E-state index contributed by atoms with van der Waals surface area (Å²) in [7, 11) is 0. The smallest absolute Gasteiger partial charge is 0.223 e. The Morgan fingerprint density at radius 1 is 1.20 bits per heavy atom. The fraction of sp³-hybridized carbons (Fsp3) is 0.389. The van der Waals surface area contributed by atoms with Crippen LogP contribution in [0.25, 0.3) is 0 Å². The van der Waals surface area contributed by atoms with Gasteiger partial charge >= 0.3 is 0 Å². The highest BCUT2D eigenvalue weighted by Crippen LogP contribution is 2.23. The Hall–Kier alpha value is -2.21. The van der Waals surface area contributed by atoms with Crippen molar-refractivity contribution in [3.63, 3.8) is 0 Å². The van der Waals surface area contributed by atoms with Gasteiger partial charge in [0.2, 0.25) is 5.91 Å². The molecule has 7 heteroatoms. The Morgan fingerprint density at radius 2 is 1.88 bits per heavy atom. The first-order valence-electron chi connectivity index (χ1n) is 8.33. The summed E-state index contributed by atoms with van der Waals surface area (Å²) >= 11 is 5.76. The predicted octanol–water partition coefficient (Wildman–Crippen LogP) is 3.36. The first kappa shape index (κ1) is 17.6. The number of nitrogens with zero attached hydrogens (tertiary/aromatic N) is 3. The molecule has 0 radical (unpaired) electrons. The molecule has 1 amide bonds. The van der Waals surface area contributed by atoms with Crippen molar-refractivity contribution >= 4 is 23.3 Å². The van der Waals surface area contributed by atoms with E-state index in [2.05, 4.69) is 20.4 Å². The van der Waals surface area contributed by atoms with Gasteiger partial charge in [-0.25, -0.2) is 4.39 Å². The third-order valence-corrected chi connectivity index (χ3v) is 4.74. The molecule has 1 aliphatic rings. The van der Waals surface area contributed by atoms with Crippen molar-refractivity contribution in [3.8, 4) is 0 Å². The Labute approximate surface area is 151 Å². The van der Waals surface area contributed by atoms with E-state index in [1.54, 1.807) is 18.2 Å². The van der Waals surface area contributed by atoms with Crippen molar-refractivity contribution < 1.29 is 9.18 Å². The average Bonchev–Trinajstić information content (AvgIpc) is 2.63. The molecule has 3 rings (SSSR count). The van der Waals surface area contributed by atoms with Gasteiger partial charge in [-0.3, -0.25) is 4.79 Å². The van der Waals surface area contributed by atoms with Crippen molar-refractivity contribution in [1.29, 1.82) is 0 Å². The van der Waals surface area contributed by atoms with E-state index in [1.807, 2.05) is 13.0 Å². The van der Waals surface area contributed by atoms with E-state index in [-0.39, 0.29) is 23.7 Å². The molecule has 1 fully saturated rings. The second kappa shape index (κ2) is 7.78. The highest BCUT2D eigenvalue weighted by Gasteiger charge is 2.26. The molecule has 0 saturated carbocycles. The minimum Gasteiger partial charge on any atom is -0.355 e. The van der Waals surface area contributed by atoms with E-state index >= 15 is 0 Å². The summed E-state index contributed by atoms with van der Waals surface area (Å²) in [6.45, 7) is 3.40. The number of aromatic nitrogens is 2. The highest BCUT2D eigenvalue weighted by molar-refractivity contribution is 6.29. The molecule has 0 bridgehead atoms. The minimum atomic E-state index is -0.278. The topological polar surface area (TPSA) is 58.1 Å². The Bertz CT molecular complexity index is 715. The molecule has 0 aliphatic carbocycles. The maximum Gasteiger partial charge on any atom is 0.223 e. The van der Waals surface area contributed by atoms with Gasteiger partial charge in [0.15, 0.2) is 11.0 Å². The predicted molar refractivity (Wildman–Crippen MR) is 94.9 cm³/mol. The van der Waals surface area contributed by atoms with Gasteiger partial charge in [0.1, 0.15) is 5.82 Å². The van der Waals surface area contributed by atoms with Crippen molar-refractivity contribution in [2.24, 2.45) is 5.92 Å². The molecule has 0 spiro atoms. The molecule has 1 N–H and O–H groups in total. The van der Waals surface area contributed by atoms with Crippen molar-refractivity contribution in [2.75, 3.05) is 18.0 Å². The Morgan fingerprint density at radius 3 is 2.48 bits per heavy atom. The van der Waals surface area contributed by atoms with Crippen LogP contribution in [0.1, 0.15) is 31.4 Å². The quantitative estimate of drug-likeness (QED) is 0.906. The van der Waals surface area contributed by atoms with E-state index in [4.69, 9.17) is 11.6 Å². The second-order valence-electron chi connectivity index (χ2n) is 6.26. The number of piperidine rings is 1. The van der Waals surface area contributed by atoms with Crippen LogP contribution in [-0.2, 0) is 4.79 Å². The molecular formula is C18H20ClFN4O. The largest absolute Gasteiger partial charge is 0.355 e. The molecule has 1 atom stereocenters. The lowest BCUT2D eigenvalue weighted by Gasteiger charge is -2.32. The zero-order chi connectivity index (χ0) is 17.8. The van der Waals surface area contributed by atoms with Crippen molar-refractivity contribution in [2.45, 2.75) is 25.8 Å². The second-order valence-corrected chi connectivity index (χ2v) is 6.64. The number of rotatable bonds is 4. The standard InChI is InChI=1S/C18H20ClFN4O/c1-12(13-2-4-15(20)5-3-13)21-18(25)14-8-10-24(11-9-14)17-7-6-16(19)22-23-17/h2-7,12,14H,8-11H2,1H3,(H,21,25). The third-order valence-electron chi connectivity index (χ3n) is 4.54. The van der Waals surface area contributed by atoms with Gasteiger partial charge in [-0.1, -0.05) is 23.7 Å². The molecule has 2 aromatic rings. The van der Waals surface area contributed by atoms with Gasteiger partial charge in [-0.15, -0.1) is 10.2 Å². The number of hydrogen-bond donors (Lipinski definition) is 1. The van der Waals surface area contributed by atoms with Crippen molar-refractivity contribution in [1.82, 2.24) is 15.5 Å². The molecule has 5 nitrogen and oxygen atoms in total. The monoisotopic (exact) mass is 362 g/mol. The summed E-state index contributed by atoms with van der Waals surface area (Å²) in [6, 6.07) is 9.62. The molecular weight excluding hydrogens is 343 g/mol. The summed E-state index contributed by atoms with van der Waals surface area (Å²) in [4.78, 5) is 14.6. The third kappa shape index (κ3) is 4.45. The summed E-state index contributed by atoms with van der Waals surface area (Å²) < 4.78 is 13.0. The van der Waals surface area contributed by atoms with Crippen LogP contribution in [0, 0.1) is 11.7 Å². The zero-order valence-electron chi connectivity index (χ0n) is 14.0. The van der Waals surface area contributed by atoms with Crippen LogP contribution in [0.2, 0.25) is 5.15 Å². The molecule has 1 aliphatic heterocycles. The van der Waals surface area contributed by atoms with E-state index in [1.165, 1.54) is 12.1 Å². The van der Waals surface area contributed by atoms with Gasteiger partial charge in [-0.05, 0) is 49.6 Å². The van der Waals surface area contributed by atoms with Crippen LogP contribution in [0.15, 0.2) is 36.4 Å². The van der Waals surface area contributed by atoms with Crippen LogP contribution >= 0.6 is 11.6 Å².